The average Bonchev–Trinajstić information content (AvgIpc) is 2.84. The highest BCUT2D eigenvalue weighted by atomic mass is 32.2. The van der Waals surface area contributed by atoms with Crippen molar-refractivity contribution in [2.45, 2.75) is 11.0 Å². The van der Waals surface area contributed by atoms with Gasteiger partial charge in [-0.3, -0.25) is 4.18 Å². The van der Waals surface area contributed by atoms with Crippen molar-refractivity contribution < 1.29 is 17.9 Å². The minimum Gasteiger partial charge on any atom is -0.497 e. The summed E-state index contributed by atoms with van der Waals surface area (Å²) in [6.45, 7) is 0. The molecule has 4 aromatic rings. The van der Waals surface area contributed by atoms with Crippen molar-refractivity contribution in [3.05, 3.63) is 120 Å². The second-order valence-corrected chi connectivity index (χ2v) is 7.91. The summed E-state index contributed by atoms with van der Waals surface area (Å²) in [5.41, 5.74) is 1.75. The van der Waals surface area contributed by atoms with E-state index < -0.39 is 17.2 Å². The Balaban J connectivity index is 1.60. The zero-order valence-electron chi connectivity index (χ0n) is 17.0. The first-order valence-corrected chi connectivity index (χ1v) is 10.9. The number of rotatable bonds is 8. The fourth-order valence-corrected chi connectivity index (χ4v) is 3.98. The molecule has 0 N–H and O–H groups in total. The third-order valence-electron chi connectivity index (χ3n) is 4.70. The van der Waals surface area contributed by atoms with Crippen LogP contribution in [-0.4, -0.2) is 11.3 Å². The summed E-state index contributed by atoms with van der Waals surface area (Å²) < 4.78 is 30.0. The molecule has 0 fully saturated rings. The number of ether oxygens (including phenoxy) is 2. The summed E-state index contributed by atoms with van der Waals surface area (Å²) in [5.74, 6) is 2.23. The predicted molar refractivity (Wildman–Crippen MR) is 122 cm³/mol. The van der Waals surface area contributed by atoms with Gasteiger partial charge in [0.05, 0.1) is 12.0 Å². The van der Waals surface area contributed by atoms with Gasteiger partial charge in [0.1, 0.15) is 23.4 Å². The van der Waals surface area contributed by atoms with E-state index in [9.17, 15) is 4.21 Å². The normalized spacial score (nSPS) is 12.7. The number of para-hydroxylation sites is 1. The molecule has 2 unspecified atom stereocenters. The molecule has 5 heteroatoms. The molecular weight excluding hydrogens is 408 g/mol. The molecule has 0 saturated carbocycles. The SMILES string of the molecule is COc1ccc(C(OS(=O)c2ccccc2)c2ccc(Oc3ccccc3)cc2)cc1. The van der Waals surface area contributed by atoms with Gasteiger partial charge in [-0.25, -0.2) is 4.21 Å². The van der Waals surface area contributed by atoms with Crippen LogP contribution in [0.2, 0.25) is 0 Å². The molecule has 0 spiro atoms. The second kappa shape index (κ2) is 10.1. The highest BCUT2D eigenvalue weighted by molar-refractivity contribution is 7.80. The summed E-state index contributed by atoms with van der Waals surface area (Å²) in [6, 6.07) is 33.9. The molecule has 0 saturated heterocycles. The van der Waals surface area contributed by atoms with Gasteiger partial charge in [0.15, 0.2) is 11.1 Å². The molecule has 0 bridgehead atoms. The van der Waals surface area contributed by atoms with Crippen molar-refractivity contribution in [1.29, 1.82) is 0 Å². The second-order valence-electron chi connectivity index (χ2n) is 6.78. The van der Waals surface area contributed by atoms with E-state index >= 15 is 0 Å². The van der Waals surface area contributed by atoms with Crippen LogP contribution >= 0.6 is 0 Å². The van der Waals surface area contributed by atoms with Gasteiger partial charge < -0.3 is 9.47 Å². The average molecular weight is 431 g/mol. The Kier molecular flexibility index (Phi) is 6.77. The van der Waals surface area contributed by atoms with Crippen LogP contribution in [0.3, 0.4) is 0 Å². The highest BCUT2D eigenvalue weighted by Gasteiger charge is 2.20. The van der Waals surface area contributed by atoms with E-state index in [0.717, 1.165) is 22.6 Å². The molecule has 4 aromatic carbocycles. The van der Waals surface area contributed by atoms with Gasteiger partial charge >= 0.3 is 0 Å². The molecule has 0 amide bonds. The molecule has 31 heavy (non-hydrogen) atoms. The van der Waals surface area contributed by atoms with E-state index in [1.165, 1.54) is 0 Å². The lowest BCUT2D eigenvalue weighted by Crippen LogP contribution is -2.09. The van der Waals surface area contributed by atoms with Crippen LogP contribution in [0.25, 0.3) is 0 Å². The lowest BCUT2D eigenvalue weighted by atomic mass is 10.0. The summed E-state index contributed by atoms with van der Waals surface area (Å²) in [6.07, 6.45) is -0.516. The zero-order chi connectivity index (χ0) is 21.5. The molecular formula is C26H22O4S. The van der Waals surface area contributed by atoms with Gasteiger partial charge in [-0.1, -0.05) is 60.7 Å². The monoisotopic (exact) mass is 430 g/mol. The molecule has 0 aliphatic rings. The summed E-state index contributed by atoms with van der Waals surface area (Å²) in [4.78, 5) is 0.616. The third kappa shape index (κ3) is 5.40. The Morgan fingerprint density at radius 1 is 0.613 bits per heavy atom. The molecule has 2 atom stereocenters. The van der Waals surface area contributed by atoms with Crippen molar-refractivity contribution in [3.8, 4) is 17.2 Å². The maximum absolute atomic E-state index is 12.9. The number of methoxy groups -OCH3 is 1. The van der Waals surface area contributed by atoms with Crippen LogP contribution in [0.5, 0.6) is 17.2 Å². The van der Waals surface area contributed by atoms with Gasteiger partial charge in [0.25, 0.3) is 0 Å². The molecule has 156 valence electrons. The van der Waals surface area contributed by atoms with Gasteiger partial charge in [0.2, 0.25) is 0 Å². The van der Waals surface area contributed by atoms with Crippen LogP contribution in [0.4, 0.5) is 0 Å². The number of hydrogen-bond acceptors (Lipinski definition) is 4. The Morgan fingerprint density at radius 2 is 1.10 bits per heavy atom. The first kappa shape index (κ1) is 20.8. The van der Waals surface area contributed by atoms with Crippen LogP contribution in [0, 0.1) is 0 Å². The number of benzene rings is 4. The van der Waals surface area contributed by atoms with Crippen LogP contribution in [-0.2, 0) is 15.3 Å². The van der Waals surface area contributed by atoms with E-state index in [0.29, 0.717) is 10.6 Å². The standard InChI is InChI=1S/C26H22O4S/c1-28-22-16-12-20(13-17-22)26(30-31(27)25-10-6-3-7-11-25)21-14-18-24(19-15-21)29-23-8-4-2-5-9-23/h2-19,26H,1H3. The van der Waals surface area contributed by atoms with Gasteiger partial charge in [-0.2, -0.15) is 0 Å². The molecule has 4 rings (SSSR count). The molecule has 0 aromatic heterocycles. The molecule has 0 radical (unpaired) electrons. The largest absolute Gasteiger partial charge is 0.497 e. The lowest BCUT2D eigenvalue weighted by Gasteiger charge is -2.19. The third-order valence-corrected chi connectivity index (χ3v) is 5.72. The Bertz CT molecular complexity index is 1110. The highest BCUT2D eigenvalue weighted by Crippen LogP contribution is 2.32. The zero-order valence-corrected chi connectivity index (χ0v) is 17.8. The van der Waals surface area contributed by atoms with Crippen LogP contribution < -0.4 is 9.47 Å². The van der Waals surface area contributed by atoms with Crippen molar-refractivity contribution >= 4 is 11.1 Å². The van der Waals surface area contributed by atoms with E-state index in [4.69, 9.17) is 13.7 Å². The lowest BCUT2D eigenvalue weighted by molar-refractivity contribution is 0.275. The Hall–Kier alpha value is -3.41. The maximum atomic E-state index is 12.9. The van der Waals surface area contributed by atoms with Crippen LogP contribution in [0.15, 0.2) is 114 Å². The minimum absolute atomic E-state index is 0.516. The molecule has 0 heterocycles. The van der Waals surface area contributed by atoms with E-state index in [-0.39, 0.29) is 0 Å². The fraction of sp³-hybridized carbons (Fsp3) is 0.0769. The van der Waals surface area contributed by atoms with Gasteiger partial charge in [-0.15, -0.1) is 0 Å². The Morgan fingerprint density at radius 3 is 1.65 bits per heavy atom. The molecule has 0 aliphatic heterocycles. The van der Waals surface area contributed by atoms with Crippen molar-refractivity contribution in [1.82, 2.24) is 0 Å². The minimum atomic E-state index is -1.62. The summed E-state index contributed by atoms with van der Waals surface area (Å²) in [7, 11) is 1.62. The van der Waals surface area contributed by atoms with Crippen LogP contribution in [0.1, 0.15) is 17.2 Å². The van der Waals surface area contributed by atoms with Crippen molar-refractivity contribution in [2.75, 3.05) is 7.11 Å². The topological polar surface area (TPSA) is 44.8 Å². The quantitative estimate of drug-likeness (QED) is 0.328. The number of hydrogen-bond donors (Lipinski definition) is 0. The van der Waals surface area contributed by atoms with Gasteiger partial charge in [0, 0.05) is 0 Å². The van der Waals surface area contributed by atoms with E-state index in [1.54, 1.807) is 19.2 Å². The van der Waals surface area contributed by atoms with Crippen molar-refractivity contribution in [2.24, 2.45) is 0 Å². The fourth-order valence-electron chi connectivity index (χ4n) is 3.09. The molecule has 4 nitrogen and oxygen atoms in total. The van der Waals surface area contributed by atoms with E-state index in [2.05, 4.69) is 0 Å². The van der Waals surface area contributed by atoms with E-state index in [1.807, 2.05) is 97.1 Å². The smallest absolute Gasteiger partial charge is 0.190 e. The maximum Gasteiger partial charge on any atom is 0.190 e. The first-order chi connectivity index (χ1) is 15.2. The Labute approximate surface area is 184 Å². The van der Waals surface area contributed by atoms with Gasteiger partial charge in [-0.05, 0) is 59.7 Å². The summed E-state index contributed by atoms with van der Waals surface area (Å²) >= 11 is -1.62. The molecule has 0 aliphatic carbocycles. The van der Waals surface area contributed by atoms with Crippen molar-refractivity contribution in [3.63, 3.8) is 0 Å². The first-order valence-electron chi connectivity index (χ1n) is 9.84. The predicted octanol–water partition coefficient (Wildman–Crippen LogP) is 6.32. The summed E-state index contributed by atoms with van der Waals surface area (Å²) in [5, 5.41) is 0.